The first kappa shape index (κ1) is 18.1. The summed E-state index contributed by atoms with van der Waals surface area (Å²) in [6.07, 6.45) is 2.72. The highest BCUT2D eigenvalue weighted by Crippen LogP contribution is 2.14. The number of amides is 2. The molecule has 2 heterocycles. The average Bonchev–Trinajstić information content (AvgIpc) is 3.08. The van der Waals surface area contributed by atoms with Gasteiger partial charge in [0.25, 0.3) is 0 Å². The predicted octanol–water partition coefficient (Wildman–Crippen LogP) is 2.30. The van der Waals surface area contributed by atoms with Gasteiger partial charge in [0.1, 0.15) is 5.82 Å². The number of nitrogens with zero attached hydrogens (tertiary/aromatic N) is 2. The van der Waals surface area contributed by atoms with Crippen LogP contribution in [0.2, 0.25) is 0 Å². The molecular formula is C19H23FN4O2. The molecule has 138 valence electrons. The number of hydrogen-bond donors (Lipinski definition) is 2. The molecule has 0 radical (unpaired) electrons. The zero-order valence-corrected chi connectivity index (χ0v) is 14.7. The monoisotopic (exact) mass is 358 g/mol. The Balaban J connectivity index is 1.40. The molecule has 1 atom stereocenters. The molecule has 2 amide bonds. The molecule has 6 nitrogen and oxygen atoms in total. The van der Waals surface area contributed by atoms with E-state index in [0.717, 1.165) is 37.2 Å². The van der Waals surface area contributed by atoms with Gasteiger partial charge in [-0.3, -0.25) is 4.90 Å². The number of nitrogens with one attached hydrogen (secondary N) is 2. The van der Waals surface area contributed by atoms with Gasteiger partial charge in [-0.2, -0.15) is 0 Å². The molecule has 1 saturated heterocycles. The smallest absolute Gasteiger partial charge is 0.315 e. The number of aromatic nitrogens is 1. The van der Waals surface area contributed by atoms with Crippen LogP contribution in [0.4, 0.5) is 9.18 Å². The summed E-state index contributed by atoms with van der Waals surface area (Å²) < 4.78 is 17.9. The van der Waals surface area contributed by atoms with Gasteiger partial charge in [-0.15, -0.1) is 0 Å². The molecule has 0 spiro atoms. The Morgan fingerprint density at radius 3 is 2.73 bits per heavy atom. The van der Waals surface area contributed by atoms with E-state index >= 15 is 0 Å². The van der Waals surface area contributed by atoms with E-state index in [1.165, 1.54) is 12.1 Å². The number of carbonyl (C=O) groups is 1. The van der Waals surface area contributed by atoms with E-state index in [-0.39, 0.29) is 17.9 Å². The first-order valence-electron chi connectivity index (χ1n) is 8.62. The van der Waals surface area contributed by atoms with Gasteiger partial charge in [0.05, 0.1) is 7.11 Å². The normalized spacial score (nSPS) is 17.1. The highest BCUT2D eigenvalue weighted by Gasteiger charge is 2.23. The predicted molar refractivity (Wildman–Crippen MR) is 96.2 cm³/mol. The lowest BCUT2D eigenvalue weighted by atomic mass is 10.2. The van der Waals surface area contributed by atoms with Crippen LogP contribution in [0.3, 0.4) is 0 Å². The van der Waals surface area contributed by atoms with Crippen LogP contribution in [0.1, 0.15) is 17.5 Å². The van der Waals surface area contributed by atoms with Crippen LogP contribution in [0, 0.1) is 5.82 Å². The number of carbonyl (C=O) groups excluding carboxylic acids is 1. The quantitative estimate of drug-likeness (QED) is 0.832. The van der Waals surface area contributed by atoms with E-state index < -0.39 is 0 Å². The Morgan fingerprint density at radius 1 is 1.27 bits per heavy atom. The second-order valence-electron chi connectivity index (χ2n) is 6.38. The van der Waals surface area contributed by atoms with E-state index in [1.807, 2.05) is 18.3 Å². The molecule has 1 fully saturated rings. The molecule has 0 bridgehead atoms. The van der Waals surface area contributed by atoms with Crippen LogP contribution < -0.4 is 15.4 Å². The van der Waals surface area contributed by atoms with Crippen LogP contribution in [0.25, 0.3) is 0 Å². The fourth-order valence-electron chi connectivity index (χ4n) is 3.00. The maximum Gasteiger partial charge on any atom is 0.315 e. The highest BCUT2D eigenvalue weighted by molar-refractivity contribution is 5.74. The highest BCUT2D eigenvalue weighted by atomic mass is 19.1. The minimum Gasteiger partial charge on any atom is -0.481 e. The van der Waals surface area contributed by atoms with E-state index in [9.17, 15) is 9.18 Å². The van der Waals surface area contributed by atoms with Crippen molar-refractivity contribution in [1.29, 1.82) is 0 Å². The van der Waals surface area contributed by atoms with Crippen molar-refractivity contribution >= 4 is 6.03 Å². The minimum atomic E-state index is -0.281. The van der Waals surface area contributed by atoms with Gasteiger partial charge in [0, 0.05) is 44.5 Å². The zero-order chi connectivity index (χ0) is 18.4. The van der Waals surface area contributed by atoms with Gasteiger partial charge in [-0.25, -0.2) is 14.2 Å². The molecule has 1 aliphatic heterocycles. The van der Waals surface area contributed by atoms with Crippen molar-refractivity contribution in [1.82, 2.24) is 20.5 Å². The lowest BCUT2D eigenvalue weighted by Crippen LogP contribution is -2.43. The molecule has 0 saturated carbocycles. The third-order valence-electron chi connectivity index (χ3n) is 4.39. The Bertz CT molecular complexity index is 721. The summed E-state index contributed by atoms with van der Waals surface area (Å²) in [6, 6.07) is 9.87. The third kappa shape index (κ3) is 5.16. The number of methoxy groups -OCH3 is 1. The van der Waals surface area contributed by atoms with E-state index in [4.69, 9.17) is 4.74 Å². The number of rotatable bonds is 6. The third-order valence-corrected chi connectivity index (χ3v) is 4.39. The van der Waals surface area contributed by atoms with Crippen molar-refractivity contribution in [2.24, 2.45) is 0 Å². The van der Waals surface area contributed by atoms with Crippen LogP contribution in [0.15, 0.2) is 42.6 Å². The number of ether oxygens (including phenoxy) is 1. The summed E-state index contributed by atoms with van der Waals surface area (Å²) in [5, 5.41) is 5.80. The fourth-order valence-corrected chi connectivity index (χ4v) is 3.00. The average molecular weight is 358 g/mol. The lowest BCUT2D eigenvalue weighted by Gasteiger charge is -2.17. The first-order chi connectivity index (χ1) is 12.6. The van der Waals surface area contributed by atoms with Crippen LogP contribution in [-0.4, -0.2) is 42.2 Å². The molecule has 1 aliphatic rings. The van der Waals surface area contributed by atoms with E-state index in [2.05, 4.69) is 20.5 Å². The van der Waals surface area contributed by atoms with Gasteiger partial charge >= 0.3 is 6.03 Å². The van der Waals surface area contributed by atoms with Crippen LogP contribution in [-0.2, 0) is 13.1 Å². The largest absolute Gasteiger partial charge is 0.481 e. The van der Waals surface area contributed by atoms with Crippen molar-refractivity contribution in [3.05, 3.63) is 59.5 Å². The van der Waals surface area contributed by atoms with Crippen molar-refractivity contribution in [2.45, 2.75) is 25.6 Å². The van der Waals surface area contributed by atoms with Crippen molar-refractivity contribution in [3.63, 3.8) is 0 Å². The number of urea groups is 1. The molecule has 1 aromatic carbocycles. The Kier molecular flexibility index (Phi) is 6.01. The van der Waals surface area contributed by atoms with Gasteiger partial charge < -0.3 is 15.4 Å². The molecular weight excluding hydrogens is 335 g/mol. The number of pyridine rings is 1. The van der Waals surface area contributed by atoms with Crippen molar-refractivity contribution < 1.29 is 13.9 Å². The number of halogens is 1. The standard InChI is InChI=1S/C19H23FN4O2/c1-26-18-7-4-15(11-21-18)12-24-9-8-17(13-24)23-19(25)22-10-14-2-5-16(20)6-3-14/h2-7,11,17H,8-10,12-13H2,1H3,(H2,22,23,25). The lowest BCUT2D eigenvalue weighted by molar-refractivity contribution is 0.235. The Labute approximate surface area is 152 Å². The molecule has 0 aliphatic carbocycles. The summed E-state index contributed by atoms with van der Waals surface area (Å²) in [4.78, 5) is 18.5. The van der Waals surface area contributed by atoms with Crippen molar-refractivity contribution in [2.75, 3.05) is 20.2 Å². The van der Waals surface area contributed by atoms with Crippen LogP contribution >= 0.6 is 0 Å². The van der Waals surface area contributed by atoms with Gasteiger partial charge in [0.2, 0.25) is 5.88 Å². The first-order valence-corrected chi connectivity index (χ1v) is 8.62. The summed E-state index contributed by atoms with van der Waals surface area (Å²) in [5.74, 6) is 0.323. The summed E-state index contributed by atoms with van der Waals surface area (Å²) in [7, 11) is 1.60. The number of hydrogen-bond acceptors (Lipinski definition) is 4. The van der Waals surface area contributed by atoms with Crippen LogP contribution in [0.5, 0.6) is 5.88 Å². The van der Waals surface area contributed by atoms with Gasteiger partial charge in [-0.05, 0) is 29.7 Å². The van der Waals surface area contributed by atoms with Gasteiger partial charge in [0.15, 0.2) is 0 Å². The topological polar surface area (TPSA) is 66.5 Å². The summed E-state index contributed by atoms with van der Waals surface area (Å²) in [6.45, 7) is 2.90. The van der Waals surface area contributed by atoms with E-state index in [0.29, 0.717) is 12.4 Å². The maximum absolute atomic E-state index is 12.9. The van der Waals surface area contributed by atoms with E-state index in [1.54, 1.807) is 19.2 Å². The van der Waals surface area contributed by atoms with Gasteiger partial charge in [-0.1, -0.05) is 18.2 Å². The molecule has 2 N–H and O–H groups in total. The molecule has 1 unspecified atom stereocenters. The molecule has 26 heavy (non-hydrogen) atoms. The summed E-state index contributed by atoms with van der Waals surface area (Å²) in [5.41, 5.74) is 1.98. The molecule has 2 aromatic rings. The zero-order valence-electron chi connectivity index (χ0n) is 14.7. The molecule has 3 rings (SSSR count). The Morgan fingerprint density at radius 2 is 2.04 bits per heavy atom. The van der Waals surface area contributed by atoms with Crippen molar-refractivity contribution in [3.8, 4) is 5.88 Å². The minimum absolute atomic E-state index is 0.120. The number of likely N-dealkylation sites (tertiary alicyclic amines) is 1. The Hall–Kier alpha value is -2.67. The second-order valence-corrected chi connectivity index (χ2v) is 6.38. The summed E-state index contributed by atoms with van der Waals surface area (Å²) >= 11 is 0. The molecule has 1 aromatic heterocycles. The fraction of sp³-hybridized carbons (Fsp3) is 0.368. The SMILES string of the molecule is COc1ccc(CN2CCC(NC(=O)NCc3ccc(F)cc3)C2)cn1. The maximum atomic E-state index is 12.9. The second kappa shape index (κ2) is 8.62. The molecule has 7 heteroatoms. The number of benzene rings is 1.